The van der Waals surface area contributed by atoms with Crippen LogP contribution in [0.2, 0.25) is 0 Å². The van der Waals surface area contributed by atoms with Crippen molar-refractivity contribution in [3.05, 3.63) is 41.9 Å². The molecule has 1 aliphatic carbocycles. The minimum Gasteiger partial charge on any atom is -0.490 e. The highest BCUT2D eigenvalue weighted by Crippen LogP contribution is 2.31. The number of hydrogen-bond acceptors (Lipinski definition) is 4. The highest BCUT2D eigenvalue weighted by Gasteiger charge is 2.26. The zero-order valence-corrected chi connectivity index (χ0v) is 16.7. The van der Waals surface area contributed by atoms with Crippen LogP contribution in [-0.2, 0) is 4.79 Å². The lowest BCUT2D eigenvalue weighted by atomic mass is 9.99. The molecule has 1 aromatic carbocycles. The smallest absolute Gasteiger partial charge is 0.227 e. The van der Waals surface area contributed by atoms with Crippen LogP contribution in [0.1, 0.15) is 63.5 Å². The van der Waals surface area contributed by atoms with E-state index in [0.717, 1.165) is 49.9 Å². The number of halogens is 1. The molecule has 2 fully saturated rings. The van der Waals surface area contributed by atoms with Crippen molar-refractivity contribution in [1.82, 2.24) is 16.2 Å². The number of allylic oxidation sites excluding steroid dienone is 1. The first-order valence-electron chi connectivity index (χ1n) is 10.4. The number of carbonyl (C=O) groups excluding carboxylic acids is 1. The Morgan fingerprint density at radius 3 is 2.86 bits per heavy atom. The van der Waals surface area contributed by atoms with Crippen molar-refractivity contribution in [2.24, 2.45) is 11.8 Å². The molecule has 154 valence electrons. The predicted octanol–water partition coefficient (Wildman–Crippen LogP) is 3.98. The number of hydrogen-bond donors (Lipinski definition) is 3. The fourth-order valence-electron chi connectivity index (χ4n) is 3.43. The van der Waals surface area contributed by atoms with Crippen molar-refractivity contribution in [2.45, 2.75) is 57.9 Å². The summed E-state index contributed by atoms with van der Waals surface area (Å²) in [5.74, 6) is 0.870. The molecule has 6 heteroatoms. The molecule has 1 saturated heterocycles. The standard InChI is InChI=1S/C22H32FN3O2/c1-15-12-19(22(27)25-15)6-4-3-5-11-24-26-16(2)18-9-10-20(23)21(13-18)28-14-17-7-8-17/h9-10,13,16-17,19,24,26H,1,3-8,11-12,14H2,2H3,(H,25,27). The van der Waals surface area contributed by atoms with Gasteiger partial charge in [-0.25, -0.2) is 4.39 Å². The Morgan fingerprint density at radius 2 is 2.14 bits per heavy atom. The summed E-state index contributed by atoms with van der Waals surface area (Å²) < 4.78 is 19.5. The Balaban J connectivity index is 1.29. The molecule has 2 unspecified atom stereocenters. The number of nitrogens with one attached hydrogen (secondary N) is 3. The molecule has 2 aliphatic rings. The molecule has 5 nitrogen and oxygen atoms in total. The maximum absolute atomic E-state index is 13.9. The first-order chi connectivity index (χ1) is 13.5. The Kier molecular flexibility index (Phi) is 7.45. The van der Waals surface area contributed by atoms with Gasteiger partial charge in [0.1, 0.15) is 0 Å². The van der Waals surface area contributed by atoms with E-state index in [2.05, 4.69) is 22.7 Å². The molecule has 2 atom stereocenters. The number of ether oxygens (including phenoxy) is 1. The van der Waals surface area contributed by atoms with Crippen molar-refractivity contribution < 1.29 is 13.9 Å². The van der Waals surface area contributed by atoms with E-state index in [1.807, 2.05) is 6.92 Å². The second-order valence-corrected chi connectivity index (χ2v) is 8.08. The van der Waals surface area contributed by atoms with E-state index >= 15 is 0 Å². The van der Waals surface area contributed by atoms with E-state index < -0.39 is 0 Å². The van der Waals surface area contributed by atoms with Gasteiger partial charge in [-0.05, 0) is 62.6 Å². The number of hydrazine groups is 1. The minimum absolute atomic E-state index is 0.0528. The molecular formula is C22H32FN3O2. The third-order valence-electron chi connectivity index (χ3n) is 5.46. The average Bonchev–Trinajstić information content (AvgIpc) is 3.44. The maximum atomic E-state index is 13.9. The number of amides is 1. The predicted molar refractivity (Wildman–Crippen MR) is 108 cm³/mol. The summed E-state index contributed by atoms with van der Waals surface area (Å²) in [5.41, 5.74) is 8.35. The van der Waals surface area contributed by atoms with Gasteiger partial charge in [0.2, 0.25) is 5.91 Å². The number of unbranched alkanes of at least 4 members (excludes halogenated alkanes) is 2. The van der Waals surface area contributed by atoms with Gasteiger partial charge >= 0.3 is 0 Å². The number of rotatable bonds is 12. The van der Waals surface area contributed by atoms with E-state index in [-0.39, 0.29) is 23.7 Å². The fourth-order valence-corrected chi connectivity index (χ4v) is 3.43. The summed E-state index contributed by atoms with van der Waals surface area (Å²) >= 11 is 0. The third-order valence-corrected chi connectivity index (χ3v) is 5.46. The molecule has 1 amide bonds. The molecule has 1 heterocycles. The second-order valence-electron chi connectivity index (χ2n) is 8.08. The van der Waals surface area contributed by atoms with Gasteiger partial charge in [0.15, 0.2) is 11.6 Å². The molecule has 1 saturated carbocycles. The van der Waals surface area contributed by atoms with E-state index in [9.17, 15) is 9.18 Å². The van der Waals surface area contributed by atoms with Crippen LogP contribution < -0.4 is 20.9 Å². The van der Waals surface area contributed by atoms with Gasteiger partial charge in [-0.1, -0.05) is 25.5 Å². The van der Waals surface area contributed by atoms with Crippen LogP contribution in [-0.4, -0.2) is 19.1 Å². The highest BCUT2D eigenvalue weighted by atomic mass is 19.1. The molecule has 0 aromatic heterocycles. The molecule has 1 aromatic rings. The molecule has 0 radical (unpaired) electrons. The van der Waals surface area contributed by atoms with Crippen LogP contribution >= 0.6 is 0 Å². The molecule has 0 bridgehead atoms. The average molecular weight is 390 g/mol. The van der Waals surface area contributed by atoms with Crippen molar-refractivity contribution in [2.75, 3.05) is 13.2 Å². The van der Waals surface area contributed by atoms with Crippen LogP contribution in [0.25, 0.3) is 0 Å². The van der Waals surface area contributed by atoms with Crippen molar-refractivity contribution in [3.8, 4) is 5.75 Å². The SMILES string of the molecule is C=C1CC(CCCCCNNC(C)c2ccc(F)c(OCC3CC3)c2)C(=O)N1. The first-order valence-corrected chi connectivity index (χ1v) is 10.4. The number of benzene rings is 1. The zero-order chi connectivity index (χ0) is 19.9. The van der Waals surface area contributed by atoms with Gasteiger partial charge < -0.3 is 10.1 Å². The molecular weight excluding hydrogens is 357 g/mol. The van der Waals surface area contributed by atoms with Gasteiger partial charge in [-0.2, -0.15) is 0 Å². The lowest BCUT2D eigenvalue weighted by molar-refractivity contribution is -0.122. The van der Waals surface area contributed by atoms with Gasteiger partial charge in [0.25, 0.3) is 0 Å². The largest absolute Gasteiger partial charge is 0.490 e. The summed E-state index contributed by atoms with van der Waals surface area (Å²) in [5, 5.41) is 2.79. The van der Waals surface area contributed by atoms with Gasteiger partial charge in [-0.3, -0.25) is 15.6 Å². The molecule has 3 N–H and O–H groups in total. The first kappa shape index (κ1) is 20.8. The Morgan fingerprint density at radius 1 is 1.32 bits per heavy atom. The molecule has 28 heavy (non-hydrogen) atoms. The fraction of sp³-hybridized carbons (Fsp3) is 0.591. The van der Waals surface area contributed by atoms with Gasteiger partial charge in [-0.15, -0.1) is 0 Å². The summed E-state index contributed by atoms with van der Waals surface area (Å²) in [4.78, 5) is 11.7. The summed E-state index contributed by atoms with van der Waals surface area (Å²) in [6, 6.07) is 5.11. The lowest BCUT2D eigenvalue weighted by Gasteiger charge is -2.17. The summed E-state index contributed by atoms with van der Waals surface area (Å²) in [7, 11) is 0. The van der Waals surface area contributed by atoms with E-state index in [4.69, 9.17) is 4.74 Å². The van der Waals surface area contributed by atoms with Crippen LogP contribution in [0.5, 0.6) is 5.75 Å². The normalized spacial score (nSPS) is 20.3. The van der Waals surface area contributed by atoms with E-state index in [0.29, 0.717) is 18.3 Å². The number of carbonyl (C=O) groups is 1. The quantitative estimate of drug-likeness (QED) is 0.374. The van der Waals surface area contributed by atoms with Gasteiger partial charge in [0, 0.05) is 24.2 Å². The van der Waals surface area contributed by atoms with Crippen molar-refractivity contribution >= 4 is 5.91 Å². The van der Waals surface area contributed by atoms with E-state index in [1.165, 1.54) is 18.9 Å². The molecule has 0 spiro atoms. The van der Waals surface area contributed by atoms with Crippen molar-refractivity contribution in [1.29, 1.82) is 0 Å². The topological polar surface area (TPSA) is 62.4 Å². The Labute approximate surface area is 167 Å². The van der Waals surface area contributed by atoms with Gasteiger partial charge in [0.05, 0.1) is 6.61 Å². The zero-order valence-electron chi connectivity index (χ0n) is 16.7. The van der Waals surface area contributed by atoms with Crippen LogP contribution in [0.15, 0.2) is 30.5 Å². The monoisotopic (exact) mass is 389 g/mol. The van der Waals surface area contributed by atoms with Crippen LogP contribution in [0.4, 0.5) is 4.39 Å². The van der Waals surface area contributed by atoms with Crippen LogP contribution in [0, 0.1) is 17.7 Å². The highest BCUT2D eigenvalue weighted by molar-refractivity contribution is 5.83. The molecule has 1 aliphatic heterocycles. The Bertz CT molecular complexity index is 690. The second kappa shape index (κ2) is 10.0. The summed E-state index contributed by atoms with van der Waals surface area (Å²) in [6.45, 7) is 7.31. The van der Waals surface area contributed by atoms with Crippen molar-refractivity contribution in [3.63, 3.8) is 0 Å². The third kappa shape index (κ3) is 6.31. The minimum atomic E-state index is -0.302. The maximum Gasteiger partial charge on any atom is 0.227 e. The Hall–Kier alpha value is -1.92. The van der Waals surface area contributed by atoms with Crippen LogP contribution in [0.3, 0.4) is 0 Å². The van der Waals surface area contributed by atoms with E-state index in [1.54, 1.807) is 12.1 Å². The summed E-state index contributed by atoms with van der Waals surface area (Å²) in [6.07, 6.45) is 7.23. The lowest BCUT2D eigenvalue weighted by Crippen LogP contribution is -2.34. The molecule has 3 rings (SSSR count).